The molecule has 3 heterocycles. The van der Waals surface area contributed by atoms with Crippen LogP contribution in [0, 0.1) is 17.8 Å². The number of ether oxygens (including phenoxy) is 1. The maximum atomic E-state index is 14.4. The molecule has 7 nitrogen and oxygen atoms in total. The van der Waals surface area contributed by atoms with Crippen molar-refractivity contribution in [3.05, 3.63) is 25.3 Å². The zero-order valence-corrected chi connectivity index (χ0v) is 23.8. The number of alkyl halides is 1. The lowest BCUT2D eigenvalue weighted by atomic mass is 9.71. The Labute approximate surface area is 221 Å². The monoisotopic (exact) mass is 570 g/mol. The fraction of sp³-hybridized carbons (Fsp3) is 0.731. The predicted molar refractivity (Wildman–Crippen MR) is 142 cm³/mol. The Morgan fingerprint density at radius 3 is 2.51 bits per heavy atom. The van der Waals surface area contributed by atoms with E-state index in [1.807, 2.05) is 34.6 Å². The summed E-state index contributed by atoms with van der Waals surface area (Å²) in [5.41, 5.74) is -0.501. The summed E-state index contributed by atoms with van der Waals surface area (Å²) >= 11 is 5.33. The Bertz CT molecular complexity index is 874. The van der Waals surface area contributed by atoms with Crippen molar-refractivity contribution in [3.63, 3.8) is 0 Å². The van der Waals surface area contributed by atoms with Gasteiger partial charge in [0.05, 0.1) is 29.2 Å². The number of nitrogens with zero attached hydrogens (tertiary/aromatic N) is 2. The smallest absolute Gasteiger partial charge is 0.311 e. The molecular formula is C26H39BrN2O5S. The molecule has 7 atom stereocenters. The van der Waals surface area contributed by atoms with Crippen molar-refractivity contribution in [3.8, 4) is 0 Å². The molecule has 196 valence electrons. The molecule has 3 aliphatic rings. The van der Waals surface area contributed by atoms with Crippen molar-refractivity contribution < 1.29 is 24.2 Å². The first kappa shape index (κ1) is 28.3. The third-order valence-corrected chi connectivity index (χ3v) is 10.5. The van der Waals surface area contributed by atoms with E-state index in [0.717, 1.165) is 0 Å². The lowest BCUT2D eigenvalue weighted by Crippen LogP contribution is -2.61. The summed E-state index contributed by atoms with van der Waals surface area (Å²) in [6.45, 7) is 17.6. The molecule has 0 radical (unpaired) electrons. The Balaban J connectivity index is 2.15. The standard InChI is InChI=1S/C26H39BrN2O5S/c1-8-10-28(25(5,6)7)23(32)21-26-13-17(27)20(35-26)18(24(33)34-11-9-2)19(26)22(31)29(21)16(14-30)12-15(3)4/h8-9,15-21,30H,1-2,10-14H2,3-7H3/t16-,17?,18-,19+,20-,21?,26?/m1/s1. The van der Waals surface area contributed by atoms with Gasteiger partial charge in [-0.15, -0.1) is 18.3 Å². The molecule has 1 N–H and O–H groups in total. The van der Waals surface area contributed by atoms with Crippen LogP contribution in [0.5, 0.6) is 0 Å². The van der Waals surface area contributed by atoms with Crippen LogP contribution >= 0.6 is 27.7 Å². The average Bonchev–Trinajstić information content (AvgIpc) is 3.36. The van der Waals surface area contributed by atoms with Crippen LogP contribution in [0.1, 0.15) is 47.5 Å². The number of fused-ring (bicyclic) bond motifs is 1. The molecule has 2 bridgehead atoms. The maximum absolute atomic E-state index is 14.4. The Hall–Kier alpha value is -1.32. The second kappa shape index (κ2) is 10.6. The highest BCUT2D eigenvalue weighted by molar-refractivity contribution is 9.09. The van der Waals surface area contributed by atoms with Gasteiger partial charge in [0, 0.05) is 22.2 Å². The van der Waals surface area contributed by atoms with Gasteiger partial charge in [0.1, 0.15) is 12.6 Å². The second-order valence-electron chi connectivity index (χ2n) is 11.2. The van der Waals surface area contributed by atoms with Crippen LogP contribution in [0.4, 0.5) is 0 Å². The lowest BCUT2D eigenvalue weighted by molar-refractivity contribution is -0.153. The Morgan fingerprint density at radius 2 is 2.00 bits per heavy atom. The van der Waals surface area contributed by atoms with Crippen LogP contribution in [0.25, 0.3) is 0 Å². The zero-order valence-electron chi connectivity index (χ0n) is 21.4. The summed E-state index contributed by atoms with van der Waals surface area (Å²) in [5.74, 6) is -1.95. The highest BCUT2D eigenvalue weighted by Gasteiger charge is 2.76. The minimum Gasteiger partial charge on any atom is -0.461 e. The van der Waals surface area contributed by atoms with Gasteiger partial charge in [0.2, 0.25) is 11.8 Å². The van der Waals surface area contributed by atoms with Crippen molar-refractivity contribution in [1.82, 2.24) is 9.80 Å². The van der Waals surface area contributed by atoms with Gasteiger partial charge in [-0.05, 0) is 39.5 Å². The molecule has 3 aliphatic heterocycles. The van der Waals surface area contributed by atoms with E-state index in [1.54, 1.807) is 27.6 Å². The number of carbonyl (C=O) groups is 3. The van der Waals surface area contributed by atoms with Crippen LogP contribution < -0.4 is 0 Å². The summed E-state index contributed by atoms with van der Waals surface area (Å²) in [5, 5.41) is 10.2. The minimum absolute atomic E-state index is 0.0340. The number of likely N-dealkylation sites (tertiary alicyclic amines) is 1. The first-order chi connectivity index (χ1) is 16.3. The third-order valence-electron chi connectivity index (χ3n) is 7.31. The SMILES string of the molecule is C=CCOC(=O)[C@H]1[C@@H]2SC3(CC2Br)C(C(=O)N(CC=C)C(C)(C)C)N([C@@H](CO)CC(C)C)C(=O)[C@H]13. The van der Waals surface area contributed by atoms with E-state index in [-0.39, 0.29) is 41.0 Å². The third kappa shape index (κ3) is 4.85. The zero-order chi connectivity index (χ0) is 26.3. The van der Waals surface area contributed by atoms with Gasteiger partial charge in [-0.3, -0.25) is 14.4 Å². The fourth-order valence-electron chi connectivity index (χ4n) is 6.04. The summed E-state index contributed by atoms with van der Waals surface area (Å²) in [7, 11) is 0. The van der Waals surface area contributed by atoms with Gasteiger partial charge >= 0.3 is 5.97 Å². The van der Waals surface area contributed by atoms with E-state index in [0.29, 0.717) is 19.4 Å². The molecular weight excluding hydrogens is 532 g/mol. The summed E-state index contributed by atoms with van der Waals surface area (Å²) in [6.07, 6.45) is 4.35. The number of amides is 2. The van der Waals surface area contributed by atoms with Crippen molar-refractivity contribution >= 4 is 45.5 Å². The number of hydrogen-bond donors (Lipinski definition) is 1. The largest absolute Gasteiger partial charge is 0.461 e. The van der Waals surface area contributed by atoms with Gasteiger partial charge in [0.25, 0.3) is 0 Å². The molecule has 0 saturated carbocycles. The van der Waals surface area contributed by atoms with Crippen LogP contribution in [-0.2, 0) is 19.1 Å². The second-order valence-corrected chi connectivity index (χ2v) is 13.9. The summed E-state index contributed by atoms with van der Waals surface area (Å²) < 4.78 is 4.65. The lowest BCUT2D eigenvalue weighted by Gasteiger charge is -2.44. The molecule has 0 aliphatic carbocycles. The van der Waals surface area contributed by atoms with Crippen molar-refractivity contribution in [2.75, 3.05) is 19.8 Å². The molecule has 3 fully saturated rings. The molecule has 3 saturated heterocycles. The normalized spacial score (nSPS) is 32.5. The topological polar surface area (TPSA) is 87.2 Å². The fourth-order valence-corrected chi connectivity index (χ4v) is 9.62. The van der Waals surface area contributed by atoms with Crippen LogP contribution in [0.3, 0.4) is 0 Å². The number of esters is 1. The Morgan fingerprint density at radius 1 is 1.34 bits per heavy atom. The molecule has 1 spiro atoms. The van der Waals surface area contributed by atoms with E-state index < -0.39 is 40.2 Å². The highest BCUT2D eigenvalue weighted by Crippen LogP contribution is 2.68. The van der Waals surface area contributed by atoms with E-state index in [9.17, 15) is 19.5 Å². The minimum atomic E-state index is -0.790. The molecule has 0 aromatic rings. The number of hydrogen-bond acceptors (Lipinski definition) is 6. The number of thioether (sulfide) groups is 1. The van der Waals surface area contributed by atoms with E-state index >= 15 is 0 Å². The molecule has 9 heteroatoms. The average molecular weight is 572 g/mol. The van der Waals surface area contributed by atoms with Crippen molar-refractivity contribution in [2.24, 2.45) is 17.8 Å². The number of halogens is 1. The van der Waals surface area contributed by atoms with Crippen molar-refractivity contribution in [2.45, 2.75) is 79.9 Å². The number of carbonyl (C=O) groups excluding carboxylic acids is 3. The van der Waals surface area contributed by atoms with Crippen LogP contribution in [0.2, 0.25) is 0 Å². The quantitative estimate of drug-likeness (QED) is 0.246. The summed E-state index contributed by atoms with van der Waals surface area (Å²) in [6, 6.07) is -1.30. The van der Waals surface area contributed by atoms with E-state index in [2.05, 4.69) is 29.1 Å². The molecule has 2 amide bonds. The highest BCUT2D eigenvalue weighted by atomic mass is 79.9. The van der Waals surface area contributed by atoms with E-state index in [4.69, 9.17) is 4.74 Å². The van der Waals surface area contributed by atoms with Gasteiger partial charge in [-0.1, -0.05) is 48.5 Å². The maximum Gasteiger partial charge on any atom is 0.311 e. The molecule has 3 unspecified atom stereocenters. The van der Waals surface area contributed by atoms with Gasteiger partial charge in [-0.25, -0.2) is 0 Å². The predicted octanol–water partition coefficient (Wildman–Crippen LogP) is 3.40. The van der Waals surface area contributed by atoms with Gasteiger partial charge < -0.3 is 19.6 Å². The van der Waals surface area contributed by atoms with Gasteiger partial charge in [-0.2, -0.15) is 0 Å². The van der Waals surface area contributed by atoms with Gasteiger partial charge in [0.15, 0.2) is 0 Å². The summed E-state index contributed by atoms with van der Waals surface area (Å²) in [4.78, 5) is 45.1. The number of aliphatic hydroxyl groups excluding tert-OH is 1. The first-order valence-electron chi connectivity index (χ1n) is 12.3. The molecule has 0 aromatic carbocycles. The molecule has 35 heavy (non-hydrogen) atoms. The van der Waals surface area contributed by atoms with Crippen LogP contribution in [0.15, 0.2) is 25.3 Å². The number of aliphatic hydroxyl groups is 1. The molecule has 0 aromatic heterocycles. The van der Waals surface area contributed by atoms with E-state index in [1.165, 1.54) is 6.08 Å². The van der Waals surface area contributed by atoms with Crippen molar-refractivity contribution in [1.29, 1.82) is 0 Å². The molecule has 3 rings (SSSR count). The van der Waals surface area contributed by atoms with Crippen LogP contribution in [-0.4, -0.2) is 84.9 Å². The first-order valence-corrected chi connectivity index (χ1v) is 14.1. The Kier molecular flexibility index (Phi) is 8.54. The number of rotatable bonds is 10.